The Bertz CT molecular complexity index is 454. The molecule has 1 atom stereocenters. The molecule has 1 aromatic rings. The summed E-state index contributed by atoms with van der Waals surface area (Å²) in [7, 11) is 1.70. The molecule has 1 unspecified atom stereocenters. The van der Waals surface area contributed by atoms with Gasteiger partial charge in [-0.05, 0) is 18.6 Å². The molecule has 1 aliphatic heterocycles. The van der Waals surface area contributed by atoms with Crippen LogP contribution in [0.25, 0.3) is 0 Å². The maximum atomic E-state index is 12.2. The average Bonchev–Trinajstić information content (AvgIpc) is 2.53. The molecule has 1 saturated heterocycles. The molecule has 0 saturated carbocycles. The fraction of sp³-hybridized carbons (Fsp3) is 0.562. The molecule has 0 radical (unpaired) electrons. The lowest BCUT2D eigenvalue weighted by molar-refractivity contribution is -0.135. The zero-order valence-electron chi connectivity index (χ0n) is 12.6. The zero-order chi connectivity index (χ0) is 14.5. The van der Waals surface area contributed by atoms with Gasteiger partial charge in [-0.15, -0.1) is 0 Å². The highest BCUT2D eigenvalue weighted by atomic mass is 16.5. The van der Waals surface area contributed by atoms with Gasteiger partial charge in [0.1, 0.15) is 5.75 Å². The van der Waals surface area contributed by atoms with Gasteiger partial charge in [0.25, 0.3) is 0 Å². The van der Waals surface area contributed by atoms with Crippen LogP contribution >= 0.6 is 0 Å². The molecule has 4 heteroatoms. The standard InChI is InChI=1S/C16H24N2O2/c1-4-13(2)16(19)18-11-9-17(10-12-18)14-7-5-6-8-15(14)20-3/h5-8,13H,4,9-12H2,1-3H3. The predicted octanol–water partition coefficient (Wildman–Crippen LogP) is 2.39. The number of methoxy groups -OCH3 is 1. The molecular weight excluding hydrogens is 252 g/mol. The average molecular weight is 276 g/mol. The first-order valence-corrected chi connectivity index (χ1v) is 7.34. The Morgan fingerprint density at radius 3 is 2.50 bits per heavy atom. The molecule has 2 rings (SSSR count). The minimum atomic E-state index is 0.132. The lowest BCUT2D eigenvalue weighted by Gasteiger charge is -2.37. The van der Waals surface area contributed by atoms with E-state index in [-0.39, 0.29) is 11.8 Å². The highest BCUT2D eigenvalue weighted by Gasteiger charge is 2.24. The lowest BCUT2D eigenvalue weighted by atomic mass is 10.1. The molecular formula is C16H24N2O2. The quantitative estimate of drug-likeness (QED) is 0.846. The van der Waals surface area contributed by atoms with E-state index in [1.54, 1.807) is 7.11 Å². The minimum absolute atomic E-state index is 0.132. The van der Waals surface area contributed by atoms with Crippen LogP contribution in [0.4, 0.5) is 5.69 Å². The number of anilines is 1. The van der Waals surface area contributed by atoms with Crippen molar-refractivity contribution < 1.29 is 9.53 Å². The molecule has 1 fully saturated rings. The molecule has 20 heavy (non-hydrogen) atoms. The van der Waals surface area contributed by atoms with Gasteiger partial charge in [0.2, 0.25) is 5.91 Å². The number of hydrogen-bond acceptors (Lipinski definition) is 3. The van der Waals surface area contributed by atoms with Crippen molar-refractivity contribution in [1.82, 2.24) is 4.90 Å². The first kappa shape index (κ1) is 14.7. The summed E-state index contributed by atoms with van der Waals surface area (Å²) in [6, 6.07) is 8.05. The summed E-state index contributed by atoms with van der Waals surface area (Å²) in [5, 5.41) is 0. The smallest absolute Gasteiger partial charge is 0.225 e. The number of nitrogens with zero attached hydrogens (tertiary/aromatic N) is 2. The molecule has 0 spiro atoms. The number of hydrogen-bond donors (Lipinski definition) is 0. The first-order valence-electron chi connectivity index (χ1n) is 7.34. The molecule has 0 aromatic heterocycles. The van der Waals surface area contributed by atoms with Crippen LogP contribution in [-0.4, -0.2) is 44.1 Å². The molecule has 0 bridgehead atoms. The molecule has 1 aliphatic rings. The van der Waals surface area contributed by atoms with Crippen molar-refractivity contribution >= 4 is 11.6 Å². The monoisotopic (exact) mass is 276 g/mol. The molecule has 0 aliphatic carbocycles. The van der Waals surface area contributed by atoms with E-state index in [1.165, 1.54) is 0 Å². The number of ether oxygens (including phenoxy) is 1. The summed E-state index contributed by atoms with van der Waals surface area (Å²) in [5.41, 5.74) is 1.12. The fourth-order valence-corrected chi connectivity index (χ4v) is 2.55. The van der Waals surface area contributed by atoms with E-state index in [4.69, 9.17) is 4.74 Å². The van der Waals surface area contributed by atoms with Crippen molar-refractivity contribution in [2.45, 2.75) is 20.3 Å². The molecule has 1 aromatic carbocycles. The molecule has 110 valence electrons. The second-order valence-corrected chi connectivity index (χ2v) is 5.29. The second kappa shape index (κ2) is 6.64. The number of carbonyl (C=O) groups excluding carboxylic acids is 1. The predicted molar refractivity (Wildman–Crippen MR) is 81.2 cm³/mol. The van der Waals surface area contributed by atoms with Gasteiger partial charge in [0, 0.05) is 32.1 Å². The van der Waals surface area contributed by atoms with Crippen LogP contribution in [0, 0.1) is 5.92 Å². The van der Waals surface area contributed by atoms with Crippen molar-refractivity contribution in [3.05, 3.63) is 24.3 Å². The van der Waals surface area contributed by atoms with Crippen LogP contribution in [0.2, 0.25) is 0 Å². The Morgan fingerprint density at radius 2 is 1.90 bits per heavy atom. The van der Waals surface area contributed by atoms with Crippen molar-refractivity contribution in [2.75, 3.05) is 38.2 Å². The van der Waals surface area contributed by atoms with Gasteiger partial charge >= 0.3 is 0 Å². The Hall–Kier alpha value is -1.71. The van der Waals surface area contributed by atoms with Crippen LogP contribution in [0.3, 0.4) is 0 Å². The highest BCUT2D eigenvalue weighted by Crippen LogP contribution is 2.28. The third-order valence-corrected chi connectivity index (χ3v) is 4.05. The van der Waals surface area contributed by atoms with E-state index < -0.39 is 0 Å². The van der Waals surface area contributed by atoms with Crippen LogP contribution in [0.15, 0.2) is 24.3 Å². The first-order chi connectivity index (χ1) is 9.67. The second-order valence-electron chi connectivity index (χ2n) is 5.29. The van der Waals surface area contributed by atoms with Crippen LogP contribution < -0.4 is 9.64 Å². The summed E-state index contributed by atoms with van der Waals surface area (Å²) >= 11 is 0. The zero-order valence-corrected chi connectivity index (χ0v) is 12.6. The van der Waals surface area contributed by atoms with Crippen molar-refractivity contribution in [3.8, 4) is 5.75 Å². The summed E-state index contributed by atoms with van der Waals surface area (Å²) in [4.78, 5) is 16.5. The van der Waals surface area contributed by atoms with E-state index in [0.29, 0.717) is 0 Å². The van der Waals surface area contributed by atoms with E-state index in [1.807, 2.05) is 30.0 Å². The SMILES string of the molecule is CCC(C)C(=O)N1CCN(c2ccccc2OC)CC1. The van der Waals surface area contributed by atoms with Gasteiger partial charge in [0.05, 0.1) is 12.8 Å². The number of carbonyl (C=O) groups is 1. The third-order valence-electron chi connectivity index (χ3n) is 4.05. The number of rotatable bonds is 4. The number of para-hydroxylation sites is 2. The topological polar surface area (TPSA) is 32.8 Å². The van der Waals surface area contributed by atoms with Gasteiger partial charge in [-0.3, -0.25) is 4.79 Å². The minimum Gasteiger partial charge on any atom is -0.495 e. The van der Waals surface area contributed by atoms with Crippen molar-refractivity contribution in [2.24, 2.45) is 5.92 Å². The van der Waals surface area contributed by atoms with Gasteiger partial charge in [-0.2, -0.15) is 0 Å². The molecule has 0 N–H and O–H groups in total. The lowest BCUT2D eigenvalue weighted by Crippen LogP contribution is -2.50. The maximum absolute atomic E-state index is 12.2. The van der Waals surface area contributed by atoms with Gasteiger partial charge in [-0.25, -0.2) is 0 Å². The van der Waals surface area contributed by atoms with E-state index in [0.717, 1.165) is 44.0 Å². The largest absolute Gasteiger partial charge is 0.495 e. The molecule has 1 amide bonds. The van der Waals surface area contributed by atoms with Crippen molar-refractivity contribution in [1.29, 1.82) is 0 Å². The Morgan fingerprint density at radius 1 is 1.25 bits per heavy atom. The number of piperazine rings is 1. The van der Waals surface area contributed by atoms with Crippen LogP contribution in [0.5, 0.6) is 5.75 Å². The molecule has 1 heterocycles. The van der Waals surface area contributed by atoms with E-state index in [9.17, 15) is 4.79 Å². The van der Waals surface area contributed by atoms with E-state index in [2.05, 4.69) is 17.9 Å². The number of benzene rings is 1. The van der Waals surface area contributed by atoms with Gasteiger partial charge in [-0.1, -0.05) is 26.0 Å². The van der Waals surface area contributed by atoms with Crippen LogP contribution in [-0.2, 0) is 4.79 Å². The maximum Gasteiger partial charge on any atom is 0.225 e. The van der Waals surface area contributed by atoms with Crippen LogP contribution in [0.1, 0.15) is 20.3 Å². The fourth-order valence-electron chi connectivity index (χ4n) is 2.55. The van der Waals surface area contributed by atoms with Gasteiger partial charge < -0.3 is 14.5 Å². The molecule has 4 nitrogen and oxygen atoms in total. The normalized spacial score (nSPS) is 16.9. The third kappa shape index (κ3) is 3.06. The summed E-state index contributed by atoms with van der Waals surface area (Å²) < 4.78 is 5.41. The Kier molecular flexibility index (Phi) is 4.88. The van der Waals surface area contributed by atoms with Gasteiger partial charge in [0.15, 0.2) is 0 Å². The highest BCUT2D eigenvalue weighted by molar-refractivity contribution is 5.78. The Labute approximate surface area is 121 Å². The van der Waals surface area contributed by atoms with Crippen molar-refractivity contribution in [3.63, 3.8) is 0 Å². The summed E-state index contributed by atoms with van der Waals surface area (Å²) in [6.07, 6.45) is 0.908. The van der Waals surface area contributed by atoms with E-state index >= 15 is 0 Å². The summed E-state index contributed by atoms with van der Waals surface area (Å²) in [5.74, 6) is 1.31. The number of amides is 1. The Balaban J connectivity index is 1.99. The summed E-state index contributed by atoms with van der Waals surface area (Å²) in [6.45, 7) is 7.39.